The predicted octanol–water partition coefficient (Wildman–Crippen LogP) is 2.75. The molecule has 0 fully saturated rings. The van der Waals surface area contributed by atoms with Gasteiger partial charge in [-0.3, -0.25) is 4.79 Å². The van der Waals surface area contributed by atoms with Crippen LogP contribution in [0, 0.1) is 57.6 Å². The first kappa shape index (κ1) is 22.0. The number of carboxylic acids is 1. The number of nitriles is 2. The molecule has 0 spiro atoms. The van der Waals surface area contributed by atoms with Gasteiger partial charge < -0.3 is 10.8 Å². The second-order valence-electron chi connectivity index (χ2n) is 4.71. The number of halogens is 6. The second kappa shape index (κ2) is 8.55. The van der Waals surface area contributed by atoms with Crippen LogP contribution in [0.2, 0.25) is 0 Å². The summed E-state index contributed by atoms with van der Waals surface area (Å²) < 4.78 is 76.7. The molecule has 0 radical (unpaired) electrons. The van der Waals surface area contributed by atoms with E-state index in [9.17, 15) is 35.9 Å². The minimum Gasteiger partial charge on any atom is -0.478 e. The summed E-state index contributed by atoms with van der Waals surface area (Å²) in [5.74, 6) is -12.4. The maximum Gasteiger partial charge on any atom is 0.338 e. The molecule has 12 heteroatoms. The third kappa shape index (κ3) is 4.19. The maximum atomic E-state index is 13.0. The van der Waals surface area contributed by atoms with Crippen molar-refractivity contribution in [3.8, 4) is 12.1 Å². The summed E-state index contributed by atoms with van der Waals surface area (Å²) in [6.45, 7) is 0. The summed E-state index contributed by atoms with van der Waals surface area (Å²) in [7, 11) is 0. The topological polar surface area (TPSA) is 128 Å². The van der Waals surface area contributed by atoms with E-state index in [-0.39, 0.29) is 6.07 Å². The first-order valence-electron chi connectivity index (χ1n) is 6.66. The van der Waals surface area contributed by atoms with E-state index in [0.29, 0.717) is 6.07 Å². The molecule has 0 atom stereocenters. The van der Waals surface area contributed by atoms with Crippen LogP contribution in [0.15, 0.2) is 12.1 Å². The third-order valence-corrected chi connectivity index (χ3v) is 3.03. The molecule has 0 aliphatic rings. The van der Waals surface area contributed by atoms with E-state index < -0.39 is 69.0 Å². The summed E-state index contributed by atoms with van der Waals surface area (Å²) in [5, 5.41) is 24.9. The lowest BCUT2D eigenvalue weighted by atomic mass is 10.1. The molecule has 0 saturated carbocycles. The number of rotatable bonds is 2. The smallest absolute Gasteiger partial charge is 0.338 e. The Hall–Kier alpha value is -4.06. The van der Waals surface area contributed by atoms with Crippen molar-refractivity contribution in [2.75, 3.05) is 0 Å². The van der Waals surface area contributed by atoms with Crippen LogP contribution in [0.25, 0.3) is 0 Å². The Bertz CT molecular complexity index is 988. The number of nitrogens with two attached hydrogens (primary N) is 1. The second-order valence-corrected chi connectivity index (χ2v) is 4.71. The average molecular weight is 401 g/mol. The van der Waals surface area contributed by atoms with E-state index in [4.69, 9.17) is 15.6 Å². The number of aromatic carboxylic acids is 1. The summed E-state index contributed by atoms with van der Waals surface area (Å²) in [6, 6.07) is 2.65. The molecular weight excluding hydrogens is 396 g/mol. The highest BCUT2D eigenvalue weighted by atomic mass is 19.2. The first-order valence-corrected chi connectivity index (χ1v) is 6.66. The minimum absolute atomic E-state index is 0.188. The SMILES string of the molecule is N#Cc1c(F)c(F)cc(C(=O)O)c1F.N#Cc1c(F)c(F)cc(C(N)=O)c1F. The van der Waals surface area contributed by atoms with Gasteiger partial charge in [0.2, 0.25) is 0 Å². The number of benzene rings is 2. The van der Waals surface area contributed by atoms with Gasteiger partial charge in [0.1, 0.15) is 23.3 Å². The summed E-state index contributed by atoms with van der Waals surface area (Å²) in [6.07, 6.45) is 0. The van der Waals surface area contributed by atoms with Gasteiger partial charge in [0.15, 0.2) is 34.9 Å². The van der Waals surface area contributed by atoms with Gasteiger partial charge >= 0.3 is 5.97 Å². The summed E-state index contributed by atoms with van der Waals surface area (Å²) in [4.78, 5) is 20.9. The van der Waals surface area contributed by atoms with Crippen molar-refractivity contribution in [3.05, 3.63) is 69.3 Å². The van der Waals surface area contributed by atoms with Crippen LogP contribution in [0.5, 0.6) is 0 Å². The Kier molecular flexibility index (Phi) is 6.71. The quantitative estimate of drug-likeness (QED) is 0.591. The third-order valence-electron chi connectivity index (χ3n) is 3.03. The number of carboxylic acid groups (broad SMARTS) is 1. The van der Waals surface area contributed by atoms with Crippen molar-refractivity contribution in [2.24, 2.45) is 5.73 Å². The normalized spacial score (nSPS) is 9.57. The van der Waals surface area contributed by atoms with Gasteiger partial charge in [-0.05, 0) is 12.1 Å². The van der Waals surface area contributed by atoms with Gasteiger partial charge in [0.05, 0.1) is 11.1 Å². The molecule has 28 heavy (non-hydrogen) atoms. The van der Waals surface area contributed by atoms with Crippen molar-refractivity contribution in [1.29, 1.82) is 10.5 Å². The zero-order valence-electron chi connectivity index (χ0n) is 13.2. The van der Waals surface area contributed by atoms with Crippen LogP contribution in [0.1, 0.15) is 31.8 Å². The van der Waals surface area contributed by atoms with E-state index in [1.165, 1.54) is 0 Å². The summed E-state index contributed by atoms with van der Waals surface area (Å²) in [5.41, 5.74) is 0.376. The standard InChI is InChI=1S/C8H3F3N2O.C8H2F3NO2/c2*9-5-1-3(8(13)14)6(10)4(2-12)7(5)11/h1H,(H2,13,14);1H,(H,13,14). The van der Waals surface area contributed by atoms with Crippen LogP contribution in [-0.2, 0) is 0 Å². The molecule has 0 aliphatic heterocycles. The highest BCUT2D eigenvalue weighted by Gasteiger charge is 2.22. The van der Waals surface area contributed by atoms with Crippen LogP contribution in [0.3, 0.4) is 0 Å². The molecule has 2 aromatic carbocycles. The monoisotopic (exact) mass is 401 g/mol. The van der Waals surface area contributed by atoms with Crippen molar-refractivity contribution >= 4 is 11.9 Å². The Morgan fingerprint density at radius 1 is 0.786 bits per heavy atom. The molecule has 0 saturated heterocycles. The van der Waals surface area contributed by atoms with Crippen LogP contribution in [-0.4, -0.2) is 17.0 Å². The van der Waals surface area contributed by atoms with Gasteiger partial charge in [-0.15, -0.1) is 0 Å². The van der Waals surface area contributed by atoms with Crippen molar-refractivity contribution in [2.45, 2.75) is 0 Å². The Morgan fingerprint density at radius 3 is 1.46 bits per heavy atom. The van der Waals surface area contributed by atoms with Crippen LogP contribution in [0.4, 0.5) is 26.3 Å². The molecule has 0 aromatic heterocycles. The molecule has 0 aliphatic carbocycles. The van der Waals surface area contributed by atoms with E-state index >= 15 is 0 Å². The van der Waals surface area contributed by atoms with Gasteiger partial charge in [-0.1, -0.05) is 0 Å². The van der Waals surface area contributed by atoms with E-state index in [0.717, 1.165) is 12.1 Å². The number of carbonyl (C=O) groups is 2. The van der Waals surface area contributed by atoms with Gasteiger partial charge in [0.25, 0.3) is 5.91 Å². The highest BCUT2D eigenvalue weighted by molar-refractivity contribution is 5.93. The number of primary amides is 1. The zero-order valence-corrected chi connectivity index (χ0v) is 13.2. The molecule has 0 heterocycles. The highest BCUT2D eigenvalue weighted by Crippen LogP contribution is 2.20. The molecule has 2 aromatic rings. The number of hydrogen-bond acceptors (Lipinski definition) is 4. The Balaban J connectivity index is 0.000000280. The average Bonchev–Trinajstić information content (AvgIpc) is 2.62. The number of carbonyl (C=O) groups excluding carboxylic acids is 1. The predicted molar refractivity (Wildman–Crippen MR) is 77.5 cm³/mol. The van der Waals surface area contributed by atoms with Gasteiger partial charge in [0, 0.05) is 0 Å². The lowest BCUT2D eigenvalue weighted by Crippen LogP contribution is -2.15. The number of amides is 1. The van der Waals surface area contributed by atoms with E-state index in [2.05, 4.69) is 5.73 Å². The van der Waals surface area contributed by atoms with Crippen LogP contribution >= 0.6 is 0 Å². The lowest BCUT2D eigenvalue weighted by molar-refractivity contribution is 0.0690. The first-order chi connectivity index (χ1) is 13.0. The largest absolute Gasteiger partial charge is 0.478 e. The Labute approximate surface area is 151 Å². The van der Waals surface area contributed by atoms with E-state index in [1.807, 2.05) is 0 Å². The van der Waals surface area contributed by atoms with Crippen molar-refractivity contribution in [1.82, 2.24) is 0 Å². The number of hydrogen-bond donors (Lipinski definition) is 2. The molecule has 144 valence electrons. The van der Waals surface area contributed by atoms with Crippen molar-refractivity contribution in [3.63, 3.8) is 0 Å². The lowest BCUT2D eigenvalue weighted by Gasteiger charge is -2.02. The van der Waals surface area contributed by atoms with Gasteiger partial charge in [-0.25, -0.2) is 31.1 Å². The Morgan fingerprint density at radius 2 is 1.14 bits per heavy atom. The minimum atomic E-state index is -1.77. The zero-order chi connectivity index (χ0) is 21.8. The fourth-order valence-corrected chi connectivity index (χ4v) is 1.74. The molecular formula is C16H5F6N3O3. The number of nitrogens with zero attached hydrogens (tertiary/aromatic N) is 2. The molecule has 6 nitrogen and oxygen atoms in total. The van der Waals surface area contributed by atoms with E-state index in [1.54, 1.807) is 0 Å². The molecule has 2 rings (SSSR count). The summed E-state index contributed by atoms with van der Waals surface area (Å²) >= 11 is 0. The fraction of sp³-hybridized carbons (Fsp3) is 0. The van der Waals surface area contributed by atoms with Gasteiger partial charge in [-0.2, -0.15) is 10.5 Å². The molecule has 1 amide bonds. The molecule has 3 N–H and O–H groups in total. The molecule has 0 bridgehead atoms. The molecule has 0 unspecified atom stereocenters. The fourth-order valence-electron chi connectivity index (χ4n) is 1.74. The van der Waals surface area contributed by atoms with Crippen LogP contribution < -0.4 is 5.73 Å². The van der Waals surface area contributed by atoms with Crippen molar-refractivity contribution < 1.29 is 41.0 Å². The maximum absolute atomic E-state index is 13.0.